The highest BCUT2D eigenvalue weighted by Crippen LogP contribution is 2.58. The third-order valence-electron chi connectivity index (χ3n) is 15.4. The van der Waals surface area contributed by atoms with E-state index in [2.05, 4.69) is 148 Å². The van der Waals surface area contributed by atoms with Crippen LogP contribution in [0.25, 0.3) is 168 Å². The fraction of sp³-hybridized carbons (Fsp3) is 0.0968. The zero-order valence-electron chi connectivity index (χ0n) is 41.8. The highest BCUT2D eigenvalue weighted by Gasteiger charge is 2.27. The van der Waals surface area contributed by atoms with Gasteiger partial charge in [-0.1, -0.05) is 35.4 Å². The molecule has 0 atom stereocenters. The molecule has 0 fully saturated rings. The van der Waals surface area contributed by atoms with Crippen molar-refractivity contribution in [2.24, 2.45) is 0 Å². The first-order valence-corrected chi connectivity index (χ1v) is 36.7. The maximum atomic E-state index is 2.56. The van der Waals surface area contributed by atoms with Crippen molar-refractivity contribution in [3.05, 3.63) is 128 Å². The fourth-order valence-electron chi connectivity index (χ4n) is 12.0. The van der Waals surface area contributed by atoms with Gasteiger partial charge in [0.25, 0.3) is 0 Å². The van der Waals surface area contributed by atoms with Crippen LogP contribution in [-0.2, 0) is 0 Å². The third-order valence-corrected chi connectivity index (χ3v) is 33.3. The molecule has 0 N–H and O–H groups in total. The van der Waals surface area contributed by atoms with Crippen LogP contribution in [0.3, 0.4) is 0 Å². The predicted octanol–water partition coefficient (Wildman–Crippen LogP) is 26.1. The molecule has 0 aliphatic carbocycles. The Labute approximate surface area is 499 Å². The van der Waals surface area contributed by atoms with Crippen LogP contribution in [-0.4, -0.2) is 9.13 Å². The molecule has 16 aromatic heterocycles. The molecule has 0 saturated heterocycles. The van der Waals surface area contributed by atoms with Crippen molar-refractivity contribution in [3.63, 3.8) is 0 Å². The Bertz CT molecular complexity index is 5990. The van der Waals surface area contributed by atoms with Crippen LogP contribution in [0.1, 0.15) is 30.6 Å². The number of rotatable bonds is 2. The van der Waals surface area contributed by atoms with E-state index in [1.165, 1.54) is 198 Å². The van der Waals surface area contributed by atoms with Crippen molar-refractivity contribution in [3.8, 4) is 11.4 Å². The Balaban J connectivity index is 0.000000118. The molecule has 0 saturated carbocycles. The lowest BCUT2D eigenvalue weighted by Gasteiger charge is -2.08. The molecule has 0 radical (unpaired) electrons. The molecule has 20 rings (SSSR count). The van der Waals surface area contributed by atoms with Crippen LogP contribution in [0.4, 0.5) is 0 Å². The normalized spacial score (nSPS) is 13.0. The van der Waals surface area contributed by atoms with E-state index in [0.717, 1.165) is 0 Å². The maximum absolute atomic E-state index is 2.56. The lowest BCUT2D eigenvalue weighted by Crippen LogP contribution is -1.93. The average Bonchev–Trinajstić information content (AvgIpc) is 4.22. The van der Waals surface area contributed by atoms with E-state index in [-0.39, 0.29) is 0 Å². The minimum Gasteiger partial charge on any atom is -0.306 e. The largest absolute Gasteiger partial charge is 0.306 e. The summed E-state index contributed by atoms with van der Waals surface area (Å²) in [7, 11) is 0. The van der Waals surface area contributed by atoms with Crippen LogP contribution in [0.5, 0.6) is 0 Å². The Kier molecular flexibility index (Phi) is 9.51. The summed E-state index contributed by atoms with van der Waals surface area (Å²) in [6, 6.07) is 37.5. The van der Waals surface area contributed by atoms with Gasteiger partial charge in [0.15, 0.2) is 0 Å². The summed E-state index contributed by atoms with van der Waals surface area (Å²) in [6.45, 7) is 13.3. The first-order valence-electron chi connectivity index (χ1n) is 25.3. The van der Waals surface area contributed by atoms with Crippen molar-refractivity contribution >= 4 is 315 Å². The minimum atomic E-state index is 1.26. The molecule has 376 valence electrons. The number of fused-ring (bicyclic) bond motifs is 28. The maximum Gasteiger partial charge on any atom is 0.0837 e. The van der Waals surface area contributed by atoms with Gasteiger partial charge in [0.1, 0.15) is 0 Å². The summed E-state index contributed by atoms with van der Waals surface area (Å²) in [4.78, 5) is 5.59. The van der Waals surface area contributed by atoms with Crippen molar-refractivity contribution in [1.29, 1.82) is 0 Å². The first kappa shape index (κ1) is 46.1. The summed E-state index contributed by atoms with van der Waals surface area (Å²) in [6.07, 6.45) is 0. The second kappa shape index (κ2) is 16.1. The second-order valence-electron chi connectivity index (χ2n) is 20.6. The summed E-state index contributed by atoms with van der Waals surface area (Å²) < 4.78 is 40.0. The molecule has 78 heavy (non-hydrogen) atoms. The SMILES string of the molecule is Cc1ccc(-n2c3c4cc5sc6c(sc7c8sc(C)cc8sc76)c5cc4sc3c3sc4cc(C)sc4c32)cc1.Cc1ccc(-n2c3cc(C)sc3c3sc4c5cc6sc7c(sc8c9sc(C)cc9sc87)c6cc5sc4c32)cc1. The highest BCUT2D eigenvalue weighted by molar-refractivity contribution is 7.47. The molecule has 0 amide bonds. The number of hydrogen-bond donors (Lipinski definition) is 0. The van der Waals surface area contributed by atoms with E-state index < -0.39 is 0 Å². The van der Waals surface area contributed by atoms with Gasteiger partial charge < -0.3 is 9.13 Å². The van der Waals surface area contributed by atoms with Gasteiger partial charge in [0, 0.05) is 85.3 Å². The van der Waals surface area contributed by atoms with Crippen LogP contribution in [0.15, 0.2) is 97.1 Å². The van der Waals surface area contributed by atoms with Crippen LogP contribution < -0.4 is 0 Å². The standard InChI is InChI=1S/2C31H17NS7/c1-12-4-6-15(7-5-12)32-22-16-10-19-17(24-29(36-19)31-30(39-24)26-21(38-31)9-14(3)34-26)11-18(16)35-27(22)28-23(32)25-20(37-28)8-13(2)33-25;1-12-4-6-15(7-5-12)32-18-8-13(2)33-25(18)28-22(32)27-23(38-28)16-10-20-17(11-19(16)35-27)24-29(36-20)31-30(39-24)26-21(37-31)9-14(3)34-26/h2*4-11H,1-3H3. The van der Waals surface area contributed by atoms with Gasteiger partial charge in [-0.3, -0.25) is 0 Å². The van der Waals surface area contributed by atoms with E-state index in [1.807, 2.05) is 159 Å². The van der Waals surface area contributed by atoms with E-state index in [4.69, 9.17) is 0 Å². The Hall–Kier alpha value is -4.60. The lowest BCUT2D eigenvalue weighted by molar-refractivity contribution is 1.18. The van der Waals surface area contributed by atoms with Gasteiger partial charge in [-0.2, -0.15) is 0 Å². The lowest BCUT2D eigenvalue weighted by atomic mass is 10.2. The predicted molar refractivity (Wildman–Crippen MR) is 370 cm³/mol. The molecular weight excluding hydrogens is 1220 g/mol. The van der Waals surface area contributed by atoms with E-state index in [0.29, 0.717) is 0 Å². The van der Waals surface area contributed by atoms with Gasteiger partial charge in [0.05, 0.1) is 102 Å². The molecule has 0 bridgehead atoms. The molecule has 20 aromatic rings. The molecule has 0 spiro atoms. The Morgan fingerprint density at radius 2 is 0.564 bits per heavy atom. The molecule has 16 heteroatoms. The quantitative estimate of drug-likeness (QED) is 0.163. The smallest absolute Gasteiger partial charge is 0.0837 e. The minimum absolute atomic E-state index is 1.26. The van der Waals surface area contributed by atoms with Crippen molar-refractivity contribution in [2.75, 3.05) is 0 Å². The number of aryl methyl sites for hydroxylation is 6. The number of hydrogen-bond acceptors (Lipinski definition) is 14. The van der Waals surface area contributed by atoms with Gasteiger partial charge in [-0.15, -0.1) is 159 Å². The van der Waals surface area contributed by atoms with Crippen LogP contribution >= 0.6 is 159 Å². The fourth-order valence-corrected chi connectivity index (χ4v) is 31.1. The first-order chi connectivity index (χ1) is 38.0. The van der Waals surface area contributed by atoms with E-state index in [9.17, 15) is 0 Å². The summed E-state index contributed by atoms with van der Waals surface area (Å²) in [5, 5.41) is 5.68. The summed E-state index contributed by atoms with van der Waals surface area (Å²) in [5.74, 6) is 0. The van der Waals surface area contributed by atoms with Gasteiger partial charge in [-0.25, -0.2) is 0 Å². The molecule has 4 aromatic carbocycles. The Morgan fingerprint density at radius 3 is 1.13 bits per heavy atom. The molecular formula is C62H34N2S14. The van der Waals surface area contributed by atoms with E-state index in [1.54, 1.807) is 0 Å². The van der Waals surface area contributed by atoms with Crippen molar-refractivity contribution in [2.45, 2.75) is 41.5 Å². The van der Waals surface area contributed by atoms with Gasteiger partial charge in [0.2, 0.25) is 0 Å². The molecule has 2 nitrogen and oxygen atoms in total. The number of benzene rings is 4. The zero-order valence-corrected chi connectivity index (χ0v) is 53.3. The molecule has 0 aliphatic heterocycles. The average molecular weight is 1260 g/mol. The summed E-state index contributed by atoms with van der Waals surface area (Å²) in [5.41, 5.74) is 10.6. The van der Waals surface area contributed by atoms with Crippen molar-refractivity contribution < 1.29 is 0 Å². The molecule has 16 heterocycles. The van der Waals surface area contributed by atoms with Crippen LogP contribution in [0, 0.1) is 41.5 Å². The topological polar surface area (TPSA) is 9.86 Å². The molecule has 0 aliphatic rings. The second-order valence-corrected chi connectivity index (χ2v) is 36.1. The number of nitrogens with zero attached hydrogens (tertiary/aromatic N) is 2. The Morgan fingerprint density at radius 1 is 0.231 bits per heavy atom. The number of thiophene rings is 14. The summed E-state index contributed by atoms with van der Waals surface area (Å²) >= 11 is 27.7. The zero-order chi connectivity index (χ0) is 51.5. The van der Waals surface area contributed by atoms with Gasteiger partial charge >= 0.3 is 0 Å². The van der Waals surface area contributed by atoms with Gasteiger partial charge in [-0.05, 0) is 114 Å². The third kappa shape index (κ3) is 6.17. The number of aromatic nitrogens is 2. The monoisotopic (exact) mass is 1250 g/mol. The molecule has 0 unspecified atom stereocenters. The van der Waals surface area contributed by atoms with E-state index >= 15 is 0 Å². The van der Waals surface area contributed by atoms with Crippen molar-refractivity contribution in [1.82, 2.24) is 9.13 Å². The highest BCUT2D eigenvalue weighted by atomic mass is 32.2. The van der Waals surface area contributed by atoms with Crippen LogP contribution in [0.2, 0.25) is 0 Å².